The highest BCUT2D eigenvalue weighted by molar-refractivity contribution is 5.98. The van der Waals surface area contributed by atoms with Crippen LogP contribution >= 0.6 is 0 Å². The second-order valence-corrected chi connectivity index (χ2v) is 5.75. The zero-order valence-electron chi connectivity index (χ0n) is 14.3. The lowest BCUT2D eigenvalue weighted by molar-refractivity contribution is -0.384. The van der Waals surface area contributed by atoms with Crippen molar-refractivity contribution in [3.8, 4) is 0 Å². The van der Waals surface area contributed by atoms with E-state index in [2.05, 4.69) is 10.6 Å². The summed E-state index contributed by atoms with van der Waals surface area (Å²) in [5.74, 6) is -2.15. The van der Waals surface area contributed by atoms with Gasteiger partial charge in [0.2, 0.25) is 5.91 Å². The molecule has 0 heterocycles. The van der Waals surface area contributed by atoms with Gasteiger partial charge in [0.15, 0.2) is 0 Å². The Morgan fingerprint density at radius 1 is 1.15 bits per heavy atom. The Balaban J connectivity index is 2.11. The summed E-state index contributed by atoms with van der Waals surface area (Å²) in [7, 11) is 0. The van der Waals surface area contributed by atoms with Crippen LogP contribution in [0.1, 0.15) is 22.8 Å². The van der Waals surface area contributed by atoms with Crippen LogP contribution in [-0.4, -0.2) is 33.9 Å². The van der Waals surface area contributed by atoms with E-state index < -0.39 is 22.8 Å². The van der Waals surface area contributed by atoms with Gasteiger partial charge in [-0.05, 0) is 23.8 Å². The summed E-state index contributed by atoms with van der Waals surface area (Å²) >= 11 is 0. The first-order valence-corrected chi connectivity index (χ1v) is 7.91. The molecule has 0 saturated heterocycles. The maximum atomic E-state index is 12.4. The third-order valence-corrected chi connectivity index (χ3v) is 3.64. The number of hydrogen-bond donors (Lipinski definition) is 3. The summed E-state index contributed by atoms with van der Waals surface area (Å²) in [6.45, 7) is 1.33. The summed E-state index contributed by atoms with van der Waals surface area (Å²) in [6, 6.07) is 10.3. The fraction of sp³-hybridized carbons (Fsp3) is 0.167. The second-order valence-electron chi connectivity index (χ2n) is 5.75. The number of nitro groups is 1. The van der Waals surface area contributed by atoms with Crippen LogP contribution in [0.5, 0.6) is 0 Å². The SMILES string of the molecule is CC(=O)Nc1cccc(C(=O)N[C@@H](Cc2ccc([N+](=O)[O-])cc2)C(=O)O)c1. The molecule has 0 radical (unpaired) electrons. The smallest absolute Gasteiger partial charge is 0.326 e. The van der Waals surface area contributed by atoms with Crippen LogP contribution in [0.15, 0.2) is 48.5 Å². The van der Waals surface area contributed by atoms with Crippen molar-refractivity contribution in [1.29, 1.82) is 0 Å². The molecule has 0 aliphatic carbocycles. The summed E-state index contributed by atoms with van der Waals surface area (Å²) in [5.41, 5.74) is 1.03. The first-order chi connectivity index (χ1) is 12.8. The van der Waals surface area contributed by atoms with Gasteiger partial charge in [0, 0.05) is 36.7 Å². The molecule has 0 aromatic heterocycles. The van der Waals surface area contributed by atoms with Gasteiger partial charge in [-0.1, -0.05) is 18.2 Å². The molecule has 140 valence electrons. The largest absolute Gasteiger partial charge is 0.480 e. The van der Waals surface area contributed by atoms with Gasteiger partial charge in [0.1, 0.15) is 6.04 Å². The predicted molar refractivity (Wildman–Crippen MR) is 96.4 cm³/mol. The van der Waals surface area contributed by atoms with E-state index in [-0.39, 0.29) is 23.6 Å². The number of benzene rings is 2. The van der Waals surface area contributed by atoms with Crippen LogP contribution in [-0.2, 0) is 16.0 Å². The van der Waals surface area contributed by atoms with Crippen molar-refractivity contribution in [2.75, 3.05) is 5.32 Å². The molecule has 2 amide bonds. The first kappa shape index (κ1) is 19.6. The van der Waals surface area contributed by atoms with E-state index in [4.69, 9.17) is 0 Å². The van der Waals surface area contributed by atoms with Crippen LogP contribution in [0.25, 0.3) is 0 Å². The van der Waals surface area contributed by atoms with Gasteiger partial charge in [-0.3, -0.25) is 19.7 Å². The minimum Gasteiger partial charge on any atom is -0.480 e. The molecule has 9 nitrogen and oxygen atoms in total. The molecular weight excluding hydrogens is 354 g/mol. The summed E-state index contributed by atoms with van der Waals surface area (Å²) in [5, 5.41) is 25.0. The van der Waals surface area contributed by atoms with Crippen molar-refractivity contribution in [3.05, 3.63) is 69.8 Å². The van der Waals surface area contributed by atoms with E-state index in [0.29, 0.717) is 11.3 Å². The molecule has 0 unspecified atom stereocenters. The minimum atomic E-state index is -1.24. The van der Waals surface area contributed by atoms with Gasteiger partial charge < -0.3 is 15.7 Å². The lowest BCUT2D eigenvalue weighted by Crippen LogP contribution is -2.42. The normalized spacial score (nSPS) is 11.3. The van der Waals surface area contributed by atoms with Crippen molar-refractivity contribution >= 4 is 29.2 Å². The van der Waals surface area contributed by atoms with E-state index >= 15 is 0 Å². The van der Waals surface area contributed by atoms with Gasteiger partial charge in [-0.15, -0.1) is 0 Å². The highest BCUT2D eigenvalue weighted by Gasteiger charge is 2.21. The number of carbonyl (C=O) groups is 3. The topological polar surface area (TPSA) is 139 Å². The molecule has 0 aliphatic heterocycles. The molecule has 0 aliphatic rings. The molecule has 2 aromatic rings. The molecule has 0 bridgehead atoms. The molecule has 0 fully saturated rings. The monoisotopic (exact) mass is 371 g/mol. The van der Waals surface area contributed by atoms with Crippen molar-refractivity contribution in [1.82, 2.24) is 5.32 Å². The number of carbonyl (C=O) groups excluding carboxylic acids is 2. The van der Waals surface area contributed by atoms with E-state index in [1.54, 1.807) is 12.1 Å². The molecule has 27 heavy (non-hydrogen) atoms. The predicted octanol–water partition coefficient (Wildman–Crippen LogP) is 1.98. The number of aliphatic carboxylic acids is 1. The summed E-state index contributed by atoms with van der Waals surface area (Å²) in [6.07, 6.45) is -0.0372. The number of hydrogen-bond acceptors (Lipinski definition) is 5. The van der Waals surface area contributed by atoms with Crippen LogP contribution in [0.3, 0.4) is 0 Å². The van der Waals surface area contributed by atoms with Crippen LogP contribution in [0, 0.1) is 10.1 Å². The molecule has 0 spiro atoms. The number of anilines is 1. The van der Waals surface area contributed by atoms with Crippen molar-refractivity contribution in [2.24, 2.45) is 0 Å². The average Bonchev–Trinajstić information content (AvgIpc) is 2.61. The number of nitro benzene ring substituents is 1. The lowest BCUT2D eigenvalue weighted by atomic mass is 10.0. The summed E-state index contributed by atoms with van der Waals surface area (Å²) in [4.78, 5) is 45.0. The van der Waals surface area contributed by atoms with E-state index in [9.17, 15) is 29.6 Å². The number of non-ortho nitro benzene ring substituents is 1. The zero-order valence-corrected chi connectivity index (χ0v) is 14.3. The molecule has 2 rings (SSSR count). The van der Waals surface area contributed by atoms with Gasteiger partial charge in [-0.25, -0.2) is 4.79 Å². The number of nitrogens with one attached hydrogen (secondary N) is 2. The Kier molecular flexibility index (Phi) is 6.21. The molecule has 3 N–H and O–H groups in total. The Bertz CT molecular complexity index is 879. The van der Waals surface area contributed by atoms with Crippen molar-refractivity contribution < 1.29 is 24.4 Å². The van der Waals surface area contributed by atoms with Crippen molar-refractivity contribution in [2.45, 2.75) is 19.4 Å². The number of rotatable bonds is 7. The van der Waals surface area contributed by atoms with Crippen molar-refractivity contribution in [3.63, 3.8) is 0 Å². The third-order valence-electron chi connectivity index (χ3n) is 3.64. The number of amides is 2. The minimum absolute atomic E-state index is 0.0372. The summed E-state index contributed by atoms with van der Waals surface area (Å²) < 4.78 is 0. The van der Waals surface area contributed by atoms with Gasteiger partial charge in [0.05, 0.1) is 4.92 Å². The molecule has 2 aromatic carbocycles. The van der Waals surface area contributed by atoms with E-state index in [1.165, 1.54) is 43.3 Å². The van der Waals surface area contributed by atoms with E-state index in [1.807, 2.05) is 0 Å². The quantitative estimate of drug-likeness (QED) is 0.502. The number of carboxylic acids is 1. The lowest BCUT2D eigenvalue weighted by Gasteiger charge is -2.15. The van der Waals surface area contributed by atoms with Crippen LogP contribution in [0.4, 0.5) is 11.4 Å². The Labute approximate surface area is 154 Å². The third kappa shape index (κ3) is 5.63. The molecule has 9 heteroatoms. The first-order valence-electron chi connectivity index (χ1n) is 7.91. The fourth-order valence-electron chi connectivity index (χ4n) is 2.37. The highest BCUT2D eigenvalue weighted by Crippen LogP contribution is 2.14. The average molecular weight is 371 g/mol. The Morgan fingerprint density at radius 2 is 1.81 bits per heavy atom. The number of carboxylic acid groups (broad SMARTS) is 1. The maximum absolute atomic E-state index is 12.4. The zero-order chi connectivity index (χ0) is 20.0. The number of nitrogens with zero attached hydrogens (tertiary/aromatic N) is 1. The Morgan fingerprint density at radius 3 is 2.37 bits per heavy atom. The molecule has 1 atom stereocenters. The fourth-order valence-corrected chi connectivity index (χ4v) is 2.37. The van der Waals surface area contributed by atoms with Gasteiger partial charge in [-0.2, -0.15) is 0 Å². The van der Waals surface area contributed by atoms with Crippen LogP contribution < -0.4 is 10.6 Å². The standard InChI is InChI=1S/C18H17N3O6/c1-11(22)19-14-4-2-3-13(10-14)17(23)20-16(18(24)25)9-12-5-7-15(8-6-12)21(26)27/h2-8,10,16H,9H2,1H3,(H,19,22)(H,20,23)(H,24,25)/t16-/m0/s1. The van der Waals surface area contributed by atoms with Crippen LogP contribution in [0.2, 0.25) is 0 Å². The molecular formula is C18H17N3O6. The van der Waals surface area contributed by atoms with Gasteiger partial charge in [0.25, 0.3) is 11.6 Å². The molecule has 0 saturated carbocycles. The van der Waals surface area contributed by atoms with E-state index in [0.717, 1.165) is 0 Å². The maximum Gasteiger partial charge on any atom is 0.326 e. The second kappa shape index (κ2) is 8.56. The van der Waals surface area contributed by atoms with Gasteiger partial charge >= 0.3 is 5.97 Å². The Hall–Kier alpha value is -3.75. The highest BCUT2D eigenvalue weighted by atomic mass is 16.6.